The summed E-state index contributed by atoms with van der Waals surface area (Å²) in [5.74, 6) is -4.61. The molecular weight excluding hydrogens is 594 g/mol. The molecule has 0 aliphatic carbocycles. The lowest BCUT2D eigenvalue weighted by molar-refractivity contribution is -0.140. The molecule has 44 heavy (non-hydrogen) atoms. The van der Waals surface area contributed by atoms with Crippen LogP contribution < -0.4 is 5.69 Å². The number of nitrogens with one attached hydrogen (secondary N) is 1. The lowest BCUT2D eigenvalue weighted by Crippen LogP contribution is -2.41. The van der Waals surface area contributed by atoms with E-state index < -0.39 is 46.8 Å². The molecule has 2 aromatic carbocycles. The molecule has 1 aliphatic heterocycles. The fraction of sp³-hybridized carbons (Fsp3) is 0.241. The molecule has 0 atom stereocenters. The largest absolute Gasteiger partial charge is 0.493 e. The van der Waals surface area contributed by atoms with E-state index in [-0.39, 0.29) is 65.5 Å². The molecule has 1 amide bonds. The van der Waals surface area contributed by atoms with Gasteiger partial charge in [-0.2, -0.15) is 18.3 Å². The van der Waals surface area contributed by atoms with Crippen LogP contribution in [0.4, 0.5) is 26.3 Å². The average Bonchev–Trinajstić information content (AvgIpc) is 3.51. The van der Waals surface area contributed by atoms with Gasteiger partial charge in [-0.15, -0.1) is 0 Å². The molecule has 0 saturated carbocycles. The third-order valence-corrected chi connectivity index (χ3v) is 7.73. The van der Waals surface area contributed by atoms with Crippen molar-refractivity contribution in [2.24, 2.45) is 0 Å². The van der Waals surface area contributed by atoms with Crippen molar-refractivity contribution in [2.75, 3.05) is 13.1 Å². The van der Waals surface area contributed by atoms with Crippen LogP contribution in [0.5, 0.6) is 5.88 Å². The van der Waals surface area contributed by atoms with Crippen LogP contribution in [0.15, 0.2) is 53.5 Å². The molecule has 1 fully saturated rings. The fourth-order valence-corrected chi connectivity index (χ4v) is 5.59. The van der Waals surface area contributed by atoms with E-state index in [1.165, 1.54) is 29.3 Å². The van der Waals surface area contributed by atoms with Gasteiger partial charge in [0.2, 0.25) is 5.88 Å². The van der Waals surface area contributed by atoms with Gasteiger partial charge in [0.15, 0.2) is 17.3 Å². The van der Waals surface area contributed by atoms with Crippen molar-refractivity contribution in [3.8, 4) is 22.8 Å². The predicted octanol–water partition coefficient (Wildman–Crippen LogP) is 5.50. The molecular formula is C29H22F6N6O3. The Morgan fingerprint density at radius 3 is 2.39 bits per heavy atom. The van der Waals surface area contributed by atoms with Crippen LogP contribution in [0, 0.1) is 24.4 Å². The zero-order valence-corrected chi connectivity index (χ0v) is 22.8. The molecule has 0 radical (unpaired) electrons. The number of halogens is 6. The van der Waals surface area contributed by atoms with Gasteiger partial charge in [0.25, 0.3) is 5.91 Å². The van der Waals surface area contributed by atoms with E-state index in [4.69, 9.17) is 0 Å². The number of nitrogens with zero attached hydrogens (tertiary/aromatic N) is 5. The number of alkyl halides is 3. The number of aromatic amines is 1. The molecule has 3 aromatic heterocycles. The number of rotatable bonds is 4. The van der Waals surface area contributed by atoms with Gasteiger partial charge < -0.3 is 15.0 Å². The van der Waals surface area contributed by atoms with Crippen LogP contribution in [0.25, 0.3) is 28.0 Å². The second-order valence-electron chi connectivity index (χ2n) is 10.4. The van der Waals surface area contributed by atoms with Crippen LogP contribution in [-0.2, 0) is 6.18 Å². The summed E-state index contributed by atoms with van der Waals surface area (Å²) in [5.41, 5.74) is -1.66. The second kappa shape index (κ2) is 10.6. The van der Waals surface area contributed by atoms with Crippen molar-refractivity contribution in [1.29, 1.82) is 0 Å². The fourth-order valence-electron chi connectivity index (χ4n) is 5.59. The lowest BCUT2D eigenvalue weighted by atomic mass is 10.0. The number of imidazole rings is 1. The van der Waals surface area contributed by atoms with Crippen molar-refractivity contribution in [3.05, 3.63) is 93.4 Å². The van der Waals surface area contributed by atoms with Gasteiger partial charge in [-0.05, 0) is 56.2 Å². The SMILES string of the molecule is Cc1c(C(=O)N2CCC(n3c(=O)[nH]c4ccc(F)c(F)c43)CC2)nn(-c2ccc(F)c(C(F)(F)F)c2)c1-c1ccc(O)nc1. The van der Waals surface area contributed by atoms with Gasteiger partial charge in [0.1, 0.15) is 11.3 Å². The maximum atomic E-state index is 14.6. The molecule has 0 unspecified atom stereocenters. The normalized spacial score (nSPS) is 14.5. The van der Waals surface area contributed by atoms with E-state index in [9.17, 15) is 41.0 Å². The number of aromatic nitrogens is 5. The number of hydrogen-bond acceptors (Lipinski definition) is 5. The number of carbonyl (C=O) groups is 1. The Morgan fingerprint density at radius 2 is 1.73 bits per heavy atom. The monoisotopic (exact) mass is 616 g/mol. The average molecular weight is 617 g/mol. The maximum Gasteiger partial charge on any atom is 0.419 e. The lowest BCUT2D eigenvalue weighted by Gasteiger charge is -2.32. The summed E-state index contributed by atoms with van der Waals surface area (Å²) in [7, 11) is 0. The summed E-state index contributed by atoms with van der Waals surface area (Å²) in [6.45, 7) is 1.76. The first-order valence-electron chi connectivity index (χ1n) is 13.3. The number of H-pyrrole nitrogens is 1. The number of carbonyl (C=O) groups excluding carboxylic acids is 1. The summed E-state index contributed by atoms with van der Waals surface area (Å²) in [5, 5.41) is 14.0. The van der Waals surface area contributed by atoms with Crippen LogP contribution >= 0.6 is 0 Å². The Kier molecular flexibility index (Phi) is 6.97. The van der Waals surface area contributed by atoms with Gasteiger partial charge in [0.05, 0.1) is 22.5 Å². The van der Waals surface area contributed by atoms with Crippen molar-refractivity contribution in [3.63, 3.8) is 0 Å². The first kappa shape index (κ1) is 29.0. The topological polar surface area (TPSA) is 109 Å². The minimum Gasteiger partial charge on any atom is -0.493 e. The van der Waals surface area contributed by atoms with Crippen LogP contribution in [0.2, 0.25) is 0 Å². The summed E-state index contributed by atoms with van der Waals surface area (Å²) >= 11 is 0. The van der Waals surface area contributed by atoms with E-state index in [0.717, 1.165) is 21.4 Å². The minimum absolute atomic E-state index is 0.0956. The Morgan fingerprint density at radius 1 is 1.02 bits per heavy atom. The molecule has 1 saturated heterocycles. The van der Waals surface area contributed by atoms with E-state index in [0.29, 0.717) is 17.7 Å². The zero-order valence-electron chi connectivity index (χ0n) is 22.8. The van der Waals surface area contributed by atoms with Crippen molar-refractivity contribution < 1.29 is 36.2 Å². The highest BCUT2D eigenvalue weighted by atomic mass is 19.4. The summed E-state index contributed by atoms with van der Waals surface area (Å²) in [6.07, 6.45) is -3.30. The number of benzene rings is 2. The molecule has 1 aliphatic rings. The Balaban J connectivity index is 1.35. The van der Waals surface area contributed by atoms with Gasteiger partial charge >= 0.3 is 11.9 Å². The van der Waals surface area contributed by atoms with E-state index in [2.05, 4.69) is 15.1 Å². The Hall–Kier alpha value is -5.08. The standard InChI is InChI=1S/C29H22F6N6O3/c1-14-24(27(43)39-10-8-16(9-11-39)40-26-21(37-28(40)44)6-5-20(31)23(26)32)38-41(25(14)15-2-7-22(42)36-13-15)17-3-4-19(30)18(12-17)29(33,34)35/h2-7,12-13,16H,8-11H2,1H3,(H,36,42)(H,37,44). The second-order valence-corrected chi connectivity index (χ2v) is 10.4. The highest BCUT2D eigenvalue weighted by Crippen LogP contribution is 2.36. The molecule has 15 heteroatoms. The van der Waals surface area contributed by atoms with Crippen LogP contribution in [0.3, 0.4) is 0 Å². The smallest absolute Gasteiger partial charge is 0.419 e. The number of pyridine rings is 1. The summed E-state index contributed by atoms with van der Waals surface area (Å²) in [4.78, 5) is 34.1. The highest BCUT2D eigenvalue weighted by Gasteiger charge is 2.35. The van der Waals surface area contributed by atoms with Gasteiger partial charge in [-0.25, -0.2) is 27.6 Å². The van der Waals surface area contributed by atoms with Crippen molar-refractivity contribution in [1.82, 2.24) is 29.2 Å². The first-order chi connectivity index (χ1) is 20.8. The van der Waals surface area contributed by atoms with Gasteiger partial charge in [0, 0.05) is 42.5 Å². The Bertz CT molecular complexity index is 1970. The summed E-state index contributed by atoms with van der Waals surface area (Å²) in [6, 6.07) is 6.66. The van der Waals surface area contributed by atoms with Gasteiger partial charge in [-0.3, -0.25) is 9.36 Å². The third-order valence-electron chi connectivity index (χ3n) is 7.73. The summed E-state index contributed by atoms with van der Waals surface area (Å²) < 4.78 is 85.4. The predicted molar refractivity (Wildman–Crippen MR) is 145 cm³/mol. The van der Waals surface area contributed by atoms with Crippen LogP contribution in [0.1, 0.15) is 40.5 Å². The molecule has 2 N–H and O–H groups in total. The molecule has 5 aromatic rings. The van der Waals surface area contributed by atoms with E-state index in [1.807, 2.05) is 0 Å². The number of fused-ring (bicyclic) bond motifs is 1. The van der Waals surface area contributed by atoms with Crippen molar-refractivity contribution in [2.45, 2.75) is 32.0 Å². The molecule has 6 rings (SSSR count). The van der Waals surface area contributed by atoms with E-state index in [1.54, 1.807) is 6.92 Å². The molecule has 0 spiro atoms. The third kappa shape index (κ3) is 4.87. The molecule has 9 nitrogen and oxygen atoms in total. The maximum absolute atomic E-state index is 14.6. The minimum atomic E-state index is -4.99. The van der Waals surface area contributed by atoms with Gasteiger partial charge in [-0.1, -0.05) is 0 Å². The molecule has 0 bridgehead atoms. The highest BCUT2D eigenvalue weighted by molar-refractivity contribution is 5.95. The van der Waals surface area contributed by atoms with E-state index >= 15 is 0 Å². The number of hydrogen-bond donors (Lipinski definition) is 2. The number of aromatic hydroxyl groups is 1. The molecule has 4 heterocycles. The van der Waals surface area contributed by atoms with Crippen LogP contribution in [-0.4, -0.2) is 53.3 Å². The number of piperidine rings is 1. The Labute approximate surface area is 244 Å². The molecule has 228 valence electrons. The zero-order chi connectivity index (χ0) is 31.5. The first-order valence-corrected chi connectivity index (χ1v) is 13.3. The number of amides is 1. The van der Waals surface area contributed by atoms with Crippen molar-refractivity contribution >= 4 is 16.9 Å². The number of likely N-dealkylation sites (tertiary alicyclic amines) is 1. The quantitative estimate of drug-likeness (QED) is 0.259.